The van der Waals surface area contributed by atoms with Crippen LogP contribution in [0.15, 0.2) is 30.3 Å². The average molecular weight is 245 g/mol. The molecule has 18 heavy (non-hydrogen) atoms. The monoisotopic (exact) mass is 245 g/mol. The summed E-state index contributed by atoms with van der Waals surface area (Å²) in [5.74, 6) is 1.32. The van der Waals surface area contributed by atoms with Gasteiger partial charge < -0.3 is 4.90 Å². The molecular weight excluding hydrogens is 222 g/mol. The van der Waals surface area contributed by atoms with Crippen LogP contribution >= 0.6 is 0 Å². The molecule has 1 aliphatic rings. The number of benzene rings is 1. The Labute approximate surface area is 110 Å². The Balaban J connectivity index is 1.96. The fourth-order valence-corrected chi connectivity index (χ4v) is 2.61. The van der Waals surface area contributed by atoms with Crippen LogP contribution in [-0.2, 0) is 6.54 Å². The molecule has 98 valence electrons. The summed E-state index contributed by atoms with van der Waals surface area (Å²) in [6.45, 7) is 9.36. The first kappa shape index (κ1) is 13.1. The van der Waals surface area contributed by atoms with Crippen molar-refractivity contribution in [1.29, 1.82) is 5.41 Å². The Morgan fingerprint density at radius 1 is 1.22 bits per heavy atom. The highest BCUT2D eigenvalue weighted by molar-refractivity contribution is 5.76. The summed E-state index contributed by atoms with van der Waals surface area (Å²) >= 11 is 0. The molecule has 0 bridgehead atoms. The highest BCUT2D eigenvalue weighted by Gasteiger charge is 2.20. The minimum Gasteiger partial charge on any atom is -0.359 e. The predicted molar refractivity (Wildman–Crippen MR) is 75.9 cm³/mol. The van der Waals surface area contributed by atoms with Crippen molar-refractivity contribution in [2.45, 2.75) is 20.4 Å². The predicted octanol–water partition coefficient (Wildman–Crippen LogP) is 2.44. The fourth-order valence-electron chi connectivity index (χ4n) is 2.61. The summed E-state index contributed by atoms with van der Waals surface area (Å²) in [5.41, 5.74) is 1.38. The van der Waals surface area contributed by atoms with E-state index in [-0.39, 0.29) is 0 Å². The van der Waals surface area contributed by atoms with Gasteiger partial charge in [0, 0.05) is 32.7 Å². The van der Waals surface area contributed by atoms with Crippen LogP contribution in [0.1, 0.15) is 19.4 Å². The third-order valence-corrected chi connectivity index (χ3v) is 3.51. The summed E-state index contributed by atoms with van der Waals surface area (Å²) in [4.78, 5) is 4.69. The molecule has 1 aromatic rings. The van der Waals surface area contributed by atoms with E-state index in [1.54, 1.807) is 0 Å². The van der Waals surface area contributed by atoms with Gasteiger partial charge in [0.15, 0.2) is 0 Å². The van der Waals surface area contributed by atoms with Crippen molar-refractivity contribution >= 4 is 5.84 Å². The summed E-state index contributed by atoms with van der Waals surface area (Å²) in [7, 11) is 0. The Bertz CT molecular complexity index is 388. The molecule has 1 saturated heterocycles. The van der Waals surface area contributed by atoms with Crippen LogP contribution in [0.3, 0.4) is 0 Å². The second-order valence-corrected chi connectivity index (χ2v) is 5.36. The minimum atomic E-state index is 0.622. The van der Waals surface area contributed by atoms with Gasteiger partial charge in [-0.25, -0.2) is 0 Å². The molecule has 0 radical (unpaired) electrons. The SMILES string of the molecule is CC(=N)N1CCN(Cc2ccccc2)CC(C)C1. The third-order valence-electron chi connectivity index (χ3n) is 3.51. The van der Waals surface area contributed by atoms with Crippen molar-refractivity contribution in [1.82, 2.24) is 9.80 Å². The first-order chi connectivity index (χ1) is 8.65. The van der Waals surface area contributed by atoms with E-state index in [0.717, 1.165) is 32.7 Å². The van der Waals surface area contributed by atoms with Gasteiger partial charge >= 0.3 is 0 Å². The van der Waals surface area contributed by atoms with Crippen molar-refractivity contribution in [3.63, 3.8) is 0 Å². The van der Waals surface area contributed by atoms with E-state index in [0.29, 0.717) is 11.8 Å². The lowest BCUT2D eigenvalue weighted by Crippen LogP contribution is -2.33. The van der Waals surface area contributed by atoms with Gasteiger partial charge in [-0.15, -0.1) is 0 Å². The second kappa shape index (κ2) is 6.01. The Morgan fingerprint density at radius 2 is 1.94 bits per heavy atom. The lowest BCUT2D eigenvalue weighted by Gasteiger charge is -2.22. The topological polar surface area (TPSA) is 30.3 Å². The summed E-state index contributed by atoms with van der Waals surface area (Å²) in [6, 6.07) is 10.6. The number of nitrogens with zero attached hydrogens (tertiary/aromatic N) is 2. The number of hydrogen-bond donors (Lipinski definition) is 1. The number of rotatable bonds is 2. The van der Waals surface area contributed by atoms with E-state index >= 15 is 0 Å². The van der Waals surface area contributed by atoms with Crippen LogP contribution in [0.2, 0.25) is 0 Å². The van der Waals surface area contributed by atoms with Crippen LogP contribution in [0.5, 0.6) is 0 Å². The van der Waals surface area contributed by atoms with Crippen molar-refractivity contribution in [2.24, 2.45) is 5.92 Å². The molecular formula is C15H23N3. The first-order valence-corrected chi connectivity index (χ1v) is 6.71. The van der Waals surface area contributed by atoms with E-state index in [1.807, 2.05) is 6.92 Å². The quantitative estimate of drug-likeness (QED) is 0.641. The zero-order valence-corrected chi connectivity index (χ0v) is 11.4. The molecule has 1 heterocycles. The number of nitrogens with one attached hydrogen (secondary N) is 1. The smallest absolute Gasteiger partial charge is 0.0926 e. The van der Waals surface area contributed by atoms with Crippen molar-refractivity contribution in [3.8, 4) is 0 Å². The first-order valence-electron chi connectivity index (χ1n) is 6.71. The van der Waals surface area contributed by atoms with E-state index in [9.17, 15) is 0 Å². The van der Waals surface area contributed by atoms with Crippen LogP contribution < -0.4 is 0 Å². The highest BCUT2D eigenvalue weighted by Crippen LogP contribution is 2.12. The molecule has 3 heteroatoms. The van der Waals surface area contributed by atoms with Gasteiger partial charge in [-0.1, -0.05) is 37.3 Å². The van der Waals surface area contributed by atoms with E-state index in [4.69, 9.17) is 5.41 Å². The Morgan fingerprint density at radius 3 is 2.61 bits per heavy atom. The second-order valence-electron chi connectivity index (χ2n) is 5.36. The summed E-state index contributed by atoms with van der Waals surface area (Å²) in [5, 5.41) is 7.77. The van der Waals surface area contributed by atoms with Gasteiger partial charge in [-0.3, -0.25) is 10.3 Å². The van der Waals surface area contributed by atoms with Crippen LogP contribution in [-0.4, -0.2) is 41.8 Å². The maximum Gasteiger partial charge on any atom is 0.0926 e. The molecule has 1 unspecified atom stereocenters. The lowest BCUT2D eigenvalue weighted by molar-refractivity contribution is 0.256. The zero-order valence-electron chi connectivity index (χ0n) is 11.4. The molecule has 0 amide bonds. The summed E-state index contributed by atoms with van der Waals surface area (Å²) < 4.78 is 0. The van der Waals surface area contributed by atoms with Gasteiger partial charge in [0.25, 0.3) is 0 Å². The van der Waals surface area contributed by atoms with Crippen molar-refractivity contribution in [3.05, 3.63) is 35.9 Å². The van der Waals surface area contributed by atoms with Crippen molar-refractivity contribution < 1.29 is 0 Å². The zero-order chi connectivity index (χ0) is 13.0. The molecule has 1 aliphatic heterocycles. The Hall–Kier alpha value is -1.35. The fraction of sp³-hybridized carbons (Fsp3) is 0.533. The maximum atomic E-state index is 7.77. The van der Waals surface area contributed by atoms with Gasteiger partial charge in [0.1, 0.15) is 0 Å². The Kier molecular flexibility index (Phi) is 4.37. The maximum absolute atomic E-state index is 7.77. The van der Waals surface area contributed by atoms with Gasteiger partial charge in [-0.05, 0) is 18.4 Å². The van der Waals surface area contributed by atoms with Crippen molar-refractivity contribution in [2.75, 3.05) is 26.2 Å². The summed E-state index contributed by atoms with van der Waals surface area (Å²) in [6.07, 6.45) is 0. The molecule has 1 fully saturated rings. The van der Waals surface area contributed by atoms with E-state index in [2.05, 4.69) is 47.1 Å². The largest absolute Gasteiger partial charge is 0.359 e. The molecule has 1 N–H and O–H groups in total. The molecule has 1 atom stereocenters. The normalized spacial score (nSPS) is 21.7. The number of hydrogen-bond acceptors (Lipinski definition) is 2. The minimum absolute atomic E-state index is 0.622. The molecule has 0 aliphatic carbocycles. The molecule has 0 aromatic heterocycles. The van der Waals surface area contributed by atoms with Crippen LogP contribution in [0.25, 0.3) is 0 Å². The van der Waals surface area contributed by atoms with Crippen LogP contribution in [0.4, 0.5) is 0 Å². The van der Waals surface area contributed by atoms with Gasteiger partial charge in [-0.2, -0.15) is 0 Å². The van der Waals surface area contributed by atoms with E-state index in [1.165, 1.54) is 5.56 Å². The standard InChI is InChI=1S/C15H23N3/c1-13-10-17(8-9-18(11-13)14(2)16)12-15-6-4-3-5-7-15/h3-7,13,16H,8-12H2,1-2H3. The molecule has 0 saturated carbocycles. The highest BCUT2D eigenvalue weighted by atomic mass is 15.2. The lowest BCUT2D eigenvalue weighted by atomic mass is 10.1. The third kappa shape index (κ3) is 3.57. The molecule has 0 spiro atoms. The average Bonchev–Trinajstić information content (AvgIpc) is 2.52. The van der Waals surface area contributed by atoms with Gasteiger partial charge in [0.2, 0.25) is 0 Å². The molecule has 3 nitrogen and oxygen atoms in total. The van der Waals surface area contributed by atoms with Crippen LogP contribution in [0, 0.1) is 11.3 Å². The molecule has 1 aromatic carbocycles. The van der Waals surface area contributed by atoms with Gasteiger partial charge in [0.05, 0.1) is 5.84 Å². The number of amidine groups is 1. The van der Waals surface area contributed by atoms with E-state index < -0.39 is 0 Å². The molecule has 2 rings (SSSR count).